The van der Waals surface area contributed by atoms with Crippen LogP contribution in [-0.4, -0.2) is 40.1 Å². The number of rotatable bonds is 5. The molecule has 148 valence electrons. The van der Waals surface area contributed by atoms with Gasteiger partial charge >= 0.3 is 0 Å². The fourth-order valence-electron chi connectivity index (χ4n) is 4.16. The third kappa shape index (κ3) is 5.95. The van der Waals surface area contributed by atoms with Crippen molar-refractivity contribution < 1.29 is 9.32 Å². The zero-order chi connectivity index (χ0) is 17.6. The molecule has 0 bridgehead atoms. The molecule has 1 saturated carbocycles. The van der Waals surface area contributed by atoms with Gasteiger partial charge in [0.05, 0.1) is 0 Å². The largest absolute Gasteiger partial charge is 0.342 e. The Labute approximate surface area is 162 Å². The van der Waals surface area contributed by atoms with E-state index in [1.165, 1.54) is 38.5 Å². The lowest BCUT2D eigenvalue weighted by molar-refractivity contribution is -0.133. The van der Waals surface area contributed by atoms with E-state index in [1.54, 1.807) is 0 Å². The Balaban J connectivity index is 0.00000243. The molecule has 2 N–H and O–H groups in total. The molecule has 2 fully saturated rings. The predicted octanol–water partition coefficient (Wildman–Crippen LogP) is 3.45. The molecule has 3 rings (SSSR count). The van der Waals surface area contributed by atoms with Gasteiger partial charge in [0, 0.05) is 37.9 Å². The van der Waals surface area contributed by atoms with Crippen molar-refractivity contribution in [2.24, 2.45) is 11.7 Å². The number of piperidine rings is 1. The Morgan fingerprint density at radius 1 is 1.23 bits per heavy atom. The van der Waals surface area contributed by atoms with Gasteiger partial charge < -0.3 is 15.2 Å². The van der Waals surface area contributed by atoms with Gasteiger partial charge in [-0.25, -0.2) is 0 Å². The molecule has 0 spiro atoms. The van der Waals surface area contributed by atoms with E-state index in [-0.39, 0.29) is 24.4 Å². The first-order valence-electron chi connectivity index (χ1n) is 9.97. The molecular formula is C19H33ClN4O2. The van der Waals surface area contributed by atoms with Crippen LogP contribution in [-0.2, 0) is 11.2 Å². The number of hydrogen-bond acceptors (Lipinski definition) is 5. The van der Waals surface area contributed by atoms with Gasteiger partial charge in [-0.15, -0.1) is 12.4 Å². The van der Waals surface area contributed by atoms with Crippen LogP contribution in [0.1, 0.15) is 82.3 Å². The molecule has 1 saturated heterocycles. The second-order valence-electron chi connectivity index (χ2n) is 7.97. The van der Waals surface area contributed by atoms with E-state index in [4.69, 9.17) is 10.3 Å². The van der Waals surface area contributed by atoms with E-state index in [1.807, 2.05) is 11.8 Å². The lowest BCUT2D eigenvalue weighted by Gasteiger charge is -2.32. The van der Waals surface area contributed by atoms with Crippen molar-refractivity contribution in [3.05, 3.63) is 11.7 Å². The lowest BCUT2D eigenvalue weighted by Crippen LogP contribution is -2.42. The highest BCUT2D eigenvalue weighted by molar-refractivity contribution is 5.85. The van der Waals surface area contributed by atoms with Crippen LogP contribution in [0.4, 0.5) is 0 Å². The molecule has 6 nitrogen and oxygen atoms in total. The summed E-state index contributed by atoms with van der Waals surface area (Å²) in [6.07, 6.45) is 10.9. The minimum atomic E-state index is -0.0778. The third-order valence-electron chi connectivity index (χ3n) is 5.54. The van der Waals surface area contributed by atoms with Crippen LogP contribution >= 0.6 is 12.4 Å². The number of halogens is 1. The highest BCUT2D eigenvalue weighted by Crippen LogP contribution is 2.30. The van der Waals surface area contributed by atoms with E-state index in [2.05, 4.69) is 10.1 Å². The first-order chi connectivity index (χ1) is 12.1. The average Bonchev–Trinajstić information content (AvgIpc) is 2.88. The van der Waals surface area contributed by atoms with E-state index >= 15 is 0 Å². The summed E-state index contributed by atoms with van der Waals surface area (Å²) in [4.78, 5) is 18.9. The third-order valence-corrected chi connectivity index (χ3v) is 5.54. The van der Waals surface area contributed by atoms with Crippen molar-refractivity contribution in [3.63, 3.8) is 0 Å². The second kappa shape index (κ2) is 10.3. The average molecular weight is 385 g/mol. The summed E-state index contributed by atoms with van der Waals surface area (Å²) in [5.74, 6) is 2.69. The normalized spacial score (nSPS) is 23.2. The fraction of sp³-hybridized carbons (Fsp3) is 0.842. The Kier molecular flexibility index (Phi) is 8.35. The molecule has 1 aromatic rings. The summed E-state index contributed by atoms with van der Waals surface area (Å²) in [6.45, 7) is 3.51. The van der Waals surface area contributed by atoms with Crippen molar-refractivity contribution in [2.75, 3.05) is 13.1 Å². The van der Waals surface area contributed by atoms with Gasteiger partial charge in [-0.05, 0) is 38.5 Å². The van der Waals surface area contributed by atoms with E-state index < -0.39 is 0 Å². The van der Waals surface area contributed by atoms with E-state index in [0.29, 0.717) is 18.3 Å². The Morgan fingerprint density at radius 3 is 2.65 bits per heavy atom. The summed E-state index contributed by atoms with van der Waals surface area (Å²) in [5.41, 5.74) is 5.76. The summed E-state index contributed by atoms with van der Waals surface area (Å²) in [5, 5.41) is 4.26. The van der Waals surface area contributed by atoms with Gasteiger partial charge in [-0.3, -0.25) is 4.79 Å². The molecule has 0 radical (unpaired) electrons. The zero-order valence-corrected chi connectivity index (χ0v) is 16.7. The number of hydrogen-bond donors (Lipinski definition) is 1. The number of aromatic nitrogens is 2. The number of nitrogens with zero attached hydrogens (tertiary/aromatic N) is 3. The minimum Gasteiger partial charge on any atom is -0.342 e. The number of amides is 1. The van der Waals surface area contributed by atoms with Crippen LogP contribution in [0.2, 0.25) is 0 Å². The van der Waals surface area contributed by atoms with Gasteiger partial charge in [0.2, 0.25) is 11.8 Å². The van der Waals surface area contributed by atoms with Crippen molar-refractivity contribution in [3.8, 4) is 0 Å². The maximum absolute atomic E-state index is 12.2. The van der Waals surface area contributed by atoms with Crippen LogP contribution < -0.4 is 5.73 Å². The van der Waals surface area contributed by atoms with Crippen molar-refractivity contribution in [2.45, 2.75) is 83.1 Å². The van der Waals surface area contributed by atoms with Crippen LogP contribution in [0.25, 0.3) is 0 Å². The van der Waals surface area contributed by atoms with Crippen molar-refractivity contribution >= 4 is 18.3 Å². The fourth-order valence-corrected chi connectivity index (χ4v) is 4.16. The highest BCUT2D eigenvalue weighted by atomic mass is 35.5. The van der Waals surface area contributed by atoms with Gasteiger partial charge in [-0.2, -0.15) is 4.98 Å². The molecule has 2 unspecified atom stereocenters. The van der Waals surface area contributed by atoms with Crippen LogP contribution in [0.3, 0.4) is 0 Å². The maximum Gasteiger partial charge on any atom is 0.226 e. The summed E-state index contributed by atoms with van der Waals surface area (Å²) >= 11 is 0. The van der Waals surface area contributed by atoms with E-state index in [9.17, 15) is 4.79 Å². The molecular weight excluding hydrogens is 352 g/mol. The summed E-state index contributed by atoms with van der Waals surface area (Å²) < 4.78 is 5.54. The van der Waals surface area contributed by atoms with Crippen LogP contribution in [0.15, 0.2) is 4.52 Å². The van der Waals surface area contributed by atoms with Crippen LogP contribution in [0, 0.1) is 5.92 Å². The molecule has 0 aromatic carbocycles. The zero-order valence-electron chi connectivity index (χ0n) is 15.9. The molecule has 2 atom stereocenters. The smallest absolute Gasteiger partial charge is 0.226 e. The molecule has 26 heavy (non-hydrogen) atoms. The number of likely N-dealkylation sites (tertiary alicyclic amines) is 1. The highest BCUT2D eigenvalue weighted by Gasteiger charge is 2.26. The van der Waals surface area contributed by atoms with Gasteiger partial charge in [-0.1, -0.05) is 30.8 Å². The predicted molar refractivity (Wildman–Crippen MR) is 103 cm³/mol. The first-order valence-corrected chi connectivity index (χ1v) is 9.97. The minimum absolute atomic E-state index is 0. The summed E-state index contributed by atoms with van der Waals surface area (Å²) in [6, 6.07) is -0.0778. The second-order valence-corrected chi connectivity index (χ2v) is 7.97. The number of nitrogens with two attached hydrogens (primary N) is 1. The van der Waals surface area contributed by atoms with Crippen LogP contribution in [0.5, 0.6) is 0 Å². The lowest BCUT2D eigenvalue weighted by atomic mass is 9.94. The van der Waals surface area contributed by atoms with E-state index in [0.717, 1.165) is 44.1 Å². The molecule has 1 amide bonds. The Bertz CT molecular complexity index is 555. The van der Waals surface area contributed by atoms with Crippen molar-refractivity contribution in [1.82, 2.24) is 15.0 Å². The number of carbonyl (C=O) groups excluding carboxylic acids is 1. The van der Waals surface area contributed by atoms with Gasteiger partial charge in [0.15, 0.2) is 5.82 Å². The van der Waals surface area contributed by atoms with Gasteiger partial charge in [0.1, 0.15) is 0 Å². The topological polar surface area (TPSA) is 85.3 Å². The summed E-state index contributed by atoms with van der Waals surface area (Å²) in [7, 11) is 0. The first kappa shape index (κ1) is 21.2. The monoisotopic (exact) mass is 384 g/mol. The standard InChI is InChI=1S/C19H32N4O2.ClH/c1-14(20)11-18(24)23-10-6-7-15(13-23)12-17-21-19(22-25-17)16-8-4-2-3-5-9-16;/h14-16H,2-13,20H2,1H3;1H. The Morgan fingerprint density at radius 2 is 1.96 bits per heavy atom. The molecule has 1 aliphatic carbocycles. The quantitative estimate of drug-likeness (QED) is 0.786. The Hall–Kier alpha value is -1.14. The van der Waals surface area contributed by atoms with Crippen molar-refractivity contribution in [1.29, 1.82) is 0 Å². The molecule has 7 heteroatoms. The molecule has 1 aliphatic heterocycles. The SMILES string of the molecule is CC(N)CC(=O)N1CCCC(Cc2nc(C3CCCCCC3)no2)C1.Cl. The van der Waals surface area contributed by atoms with Gasteiger partial charge in [0.25, 0.3) is 0 Å². The molecule has 2 aliphatic rings. The molecule has 1 aromatic heterocycles. The molecule has 2 heterocycles. The maximum atomic E-state index is 12.2. The number of carbonyl (C=O) groups is 1.